The number of aliphatic hydroxyl groups is 1. The van der Waals surface area contributed by atoms with E-state index < -0.39 is 5.79 Å². The third kappa shape index (κ3) is 4.27. The molecule has 1 rings (SSSR count). The molecule has 0 spiro atoms. The van der Waals surface area contributed by atoms with Crippen molar-refractivity contribution in [1.29, 1.82) is 0 Å². The molecule has 0 aromatic heterocycles. The van der Waals surface area contributed by atoms with Gasteiger partial charge in [-0.3, -0.25) is 4.79 Å². The summed E-state index contributed by atoms with van der Waals surface area (Å²) in [6.45, 7) is 1.79. The summed E-state index contributed by atoms with van der Waals surface area (Å²) in [5.74, 6) is -1.49. The molecule has 1 aromatic carbocycles. The number of carbonyl (C=O) groups excluding carboxylic acids is 1. The summed E-state index contributed by atoms with van der Waals surface area (Å²) in [5, 5.41) is 9.75. The molecule has 0 bridgehead atoms. The molecule has 0 amide bonds. The van der Waals surface area contributed by atoms with Crippen LogP contribution >= 0.6 is 0 Å². The Labute approximate surface area is 92.6 Å². The molecule has 0 saturated carbocycles. The standard InChI is InChI=1S/C11H13FO4/c1-11(14,6-7-15-8-13)16-10-4-2-9(12)3-5-10/h2-5,8,14H,6-7H2,1H3. The van der Waals surface area contributed by atoms with Crippen molar-refractivity contribution in [1.82, 2.24) is 0 Å². The molecule has 0 radical (unpaired) electrons. The van der Waals surface area contributed by atoms with Gasteiger partial charge in [0, 0.05) is 13.3 Å². The van der Waals surface area contributed by atoms with Crippen molar-refractivity contribution < 1.29 is 23.8 Å². The number of halogens is 1. The normalized spacial score (nSPS) is 13.9. The molecule has 0 heterocycles. The Balaban J connectivity index is 2.50. The molecule has 0 fully saturated rings. The summed E-state index contributed by atoms with van der Waals surface area (Å²) in [5.41, 5.74) is 0. The Morgan fingerprint density at radius 3 is 2.62 bits per heavy atom. The van der Waals surface area contributed by atoms with Gasteiger partial charge in [0.1, 0.15) is 11.6 Å². The zero-order valence-corrected chi connectivity index (χ0v) is 8.85. The lowest BCUT2D eigenvalue weighted by Gasteiger charge is -2.24. The highest BCUT2D eigenvalue weighted by molar-refractivity contribution is 5.36. The fourth-order valence-electron chi connectivity index (χ4n) is 1.10. The van der Waals surface area contributed by atoms with Gasteiger partial charge in [0.05, 0.1) is 6.61 Å². The highest BCUT2D eigenvalue weighted by atomic mass is 19.1. The monoisotopic (exact) mass is 228 g/mol. The van der Waals surface area contributed by atoms with Crippen molar-refractivity contribution in [2.24, 2.45) is 0 Å². The van der Waals surface area contributed by atoms with Gasteiger partial charge >= 0.3 is 0 Å². The zero-order valence-electron chi connectivity index (χ0n) is 8.85. The van der Waals surface area contributed by atoms with Crippen molar-refractivity contribution in [2.45, 2.75) is 19.1 Å². The van der Waals surface area contributed by atoms with Gasteiger partial charge in [-0.15, -0.1) is 0 Å². The van der Waals surface area contributed by atoms with Crippen molar-refractivity contribution in [3.05, 3.63) is 30.1 Å². The molecule has 0 saturated heterocycles. The molecule has 5 heteroatoms. The summed E-state index contributed by atoms with van der Waals surface area (Å²) < 4.78 is 22.2. The number of benzene rings is 1. The van der Waals surface area contributed by atoms with Gasteiger partial charge in [-0.1, -0.05) is 0 Å². The van der Waals surface area contributed by atoms with Crippen LogP contribution in [0.25, 0.3) is 0 Å². The highest BCUT2D eigenvalue weighted by Gasteiger charge is 2.22. The molecule has 1 unspecified atom stereocenters. The van der Waals surface area contributed by atoms with E-state index in [0.29, 0.717) is 12.2 Å². The molecule has 0 aliphatic heterocycles. The van der Waals surface area contributed by atoms with Gasteiger partial charge in [0.25, 0.3) is 6.47 Å². The Morgan fingerprint density at radius 2 is 2.06 bits per heavy atom. The van der Waals surface area contributed by atoms with E-state index in [4.69, 9.17) is 4.74 Å². The molecule has 16 heavy (non-hydrogen) atoms. The predicted molar refractivity (Wildman–Crippen MR) is 54.3 cm³/mol. The Bertz CT molecular complexity index is 334. The van der Waals surface area contributed by atoms with Gasteiger partial charge in [0.15, 0.2) is 0 Å². The van der Waals surface area contributed by atoms with E-state index in [9.17, 15) is 14.3 Å². The van der Waals surface area contributed by atoms with Crippen LogP contribution in [0.1, 0.15) is 13.3 Å². The molecular weight excluding hydrogens is 215 g/mol. The first kappa shape index (κ1) is 12.4. The lowest BCUT2D eigenvalue weighted by atomic mass is 10.2. The number of rotatable bonds is 6. The van der Waals surface area contributed by atoms with Crippen LogP contribution in [0, 0.1) is 5.82 Å². The first-order valence-corrected chi connectivity index (χ1v) is 4.76. The summed E-state index contributed by atoms with van der Waals surface area (Å²) in [4.78, 5) is 9.90. The highest BCUT2D eigenvalue weighted by Crippen LogP contribution is 2.19. The van der Waals surface area contributed by atoms with Gasteiger partial charge in [-0.05, 0) is 24.3 Å². The van der Waals surface area contributed by atoms with Crippen LogP contribution in [0.4, 0.5) is 4.39 Å². The summed E-state index contributed by atoms with van der Waals surface area (Å²) in [7, 11) is 0. The van der Waals surface area contributed by atoms with Crippen LogP contribution in [0.2, 0.25) is 0 Å². The fourth-order valence-corrected chi connectivity index (χ4v) is 1.10. The van der Waals surface area contributed by atoms with E-state index >= 15 is 0 Å². The third-order valence-corrected chi connectivity index (χ3v) is 1.90. The van der Waals surface area contributed by atoms with Crippen LogP contribution in [0.15, 0.2) is 24.3 Å². The molecule has 1 N–H and O–H groups in total. The van der Waals surface area contributed by atoms with Gasteiger partial charge in [-0.25, -0.2) is 4.39 Å². The number of ether oxygens (including phenoxy) is 2. The van der Waals surface area contributed by atoms with Crippen LogP contribution < -0.4 is 4.74 Å². The van der Waals surface area contributed by atoms with Crippen LogP contribution in [0.3, 0.4) is 0 Å². The van der Waals surface area contributed by atoms with E-state index in [0.717, 1.165) is 0 Å². The van der Waals surface area contributed by atoms with Crippen molar-refractivity contribution in [2.75, 3.05) is 6.61 Å². The Morgan fingerprint density at radius 1 is 1.44 bits per heavy atom. The molecule has 1 aromatic rings. The van der Waals surface area contributed by atoms with E-state index in [1.807, 2.05) is 0 Å². The van der Waals surface area contributed by atoms with Crippen LogP contribution in [-0.2, 0) is 9.53 Å². The van der Waals surface area contributed by atoms with Gasteiger partial charge < -0.3 is 14.6 Å². The van der Waals surface area contributed by atoms with Crippen molar-refractivity contribution in [3.63, 3.8) is 0 Å². The smallest absolute Gasteiger partial charge is 0.293 e. The quantitative estimate of drug-likeness (QED) is 0.455. The average Bonchev–Trinajstić information content (AvgIpc) is 2.21. The lowest BCUT2D eigenvalue weighted by molar-refractivity contribution is -0.145. The SMILES string of the molecule is CC(O)(CCOC=O)Oc1ccc(F)cc1. The summed E-state index contributed by atoms with van der Waals surface area (Å²) in [6, 6.07) is 5.27. The molecule has 1 atom stereocenters. The van der Waals surface area contributed by atoms with Crippen molar-refractivity contribution >= 4 is 6.47 Å². The minimum atomic E-state index is -1.46. The van der Waals surface area contributed by atoms with E-state index in [-0.39, 0.29) is 18.8 Å². The molecule has 0 aliphatic rings. The summed E-state index contributed by atoms with van der Waals surface area (Å²) >= 11 is 0. The first-order valence-electron chi connectivity index (χ1n) is 4.76. The summed E-state index contributed by atoms with van der Waals surface area (Å²) in [6.07, 6.45) is 0.128. The Hall–Kier alpha value is -1.62. The minimum absolute atomic E-state index is 0.0533. The molecular formula is C11H13FO4. The van der Waals surface area contributed by atoms with Gasteiger partial charge in [-0.2, -0.15) is 0 Å². The van der Waals surface area contributed by atoms with E-state index in [1.54, 1.807) is 0 Å². The number of carbonyl (C=O) groups is 1. The molecule has 88 valence electrons. The maximum absolute atomic E-state index is 12.6. The average molecular weight is 228 g/mol. The topological polar surface area (TPSA) is 55.8 Å². The number of hydrogen-bond acceptors (Lipinski definition) is 4. The van der Waals surface area contributed by atoms with Gasteiger partial charge in [0.2, 0.25) is 5.79 Å². The van der Waals surface area contributed by atoms with Crippen molar-refractivity contribution in [3.8, 4) is 5.75 Å². The maximum Gasteiger partial charge on any atom is 0.293 e. The fraction of sp³-hybridized carbons (Fsp3) is 0.364. The maximum atomic E-state index is 12.6. The number of hydrogen-bond donors (Lipinski definition) is 1. The second kappa shape index (κ2) is 5.46. The second-order valence-electron chi connectivity index (χ2n) is 3.45. The second-order valence-corrected chi connectivity index (χ2v) is 3.45. The van der Waals surface area contributed by atoms with E-state index in [1.165, 1.54) is 31.2 Å². The lowest BCUT2D eigenvalue weighted by Crippen LogP contribution is -2.33. The third-order valence-electron chi connectivity index (χ3n) is 1.90. The molecule has 4 nitrogen and oxygen atoms in total. The van der Waals surface area contributed by atoms with E-state index in [2.05, 4.69) is 4.74 Å². The first-order chi connectivity index (χ1) is 7.53. The minimum Gasteiger partial charge on any atom is -0.468 e. The molecule has 0 aliphatic carbocycles. The predicted octanol–water partition coefficient (Wildman–Crippen LogP) is 1.48. The van der Waals surface area contributed by atoms with Crippen LogP contribution in [-0.4, -0.2) is 24.0 Å². The zero-order chi connectivity index (χ0) is 12.0. The van der Waals surface area contributed by atoms with Crippen LogP contribution in [0.5, 0.6) is 5.75 Å². The Kier molecular flexibility index (Phi) is 4.25. The largest absolute Gasteiger partial charge is 0.468 e.